The summed E-state index contributed by atoms with van der Waals surface area (Å²) in [6, 6.07) is 12.5. The fourth-order valence-electron chi connectivity index (χ4n) is 4.45. The highest BCUT2D eigenvalue weighted by Crippen LogP contribution is 2.39. The van der Waals surface area contributed by atoms with Crippen LogP contribution in [-0.2, 0) is 16.1 Å². The molecule has 2 aromatic carbocycles. The molecule has 1 aliphatic heterocycles. The smallest absolute Gasteiger partial charge is 0.265 e. The van der Waals surface area contributed by atoms with Gasteiger partial charge in [-0.3, -0.25) is 9.59 Å². The summed E-state index contributed by atoms with van der Waals surface area (Å²) >= 11 is 6.47. The Bertz CT molecular complexity index is 1020. The van der Waals surface area contributed by atoms with E-state index in [9.17, 15) is 9.59 Å². The maximum atomic E-state index is 13.9. The first-order valence-corrected chi connectivity index (χ1v) is 13.1. The van der Waals surface area contributed by atoms with Gasteiger partial charge in [0, 0.05) is 48.5 Å². The number of ether oxygens (including phenoxy) is 1. The van der Waals surface area contributed by atoms with E-state index in [1.165, 1.54) is 0 Å². The molecule has 6 nitrogen and oxygen atoms in total. The molecule has 0 aromatic heterocycles. The second-order valence-electron chi connectivity index (χ2n) is 9.28. The van der Waals surface area contributed by atoms with Crippen LogP contribution in [0.1, 0.15) is 64.6 Å². The topological polar surface area (TPSA) is 61.9 Å². The Morgan fingerprint density at radius 3 is 2.49 bits per heavy atom. The maximum absolute atomic E-state index is 13.9. The minimum absolute atomic E-state index is 0.0805. The molecule has 0 saturated heterocycles. The third-order valence-electron chi connectivity index (χ3n) is 6.49. The Labute approximate surface area is 214 Å². The van der Waals surface area contributed by atoms with Gasteiger partial charge in [-0.1, -0.05) is 63.1 Å². The van der Waals surface area contributed by atoms with Gasteiger partial charge in [0.25, 0.3) is 5.91 Å². The fourth-order valence-corrected chi connectivity index (χ4v) is 4.65. The van der Waals surface area contributed by atoms with E-state index >= 15 is 0 Å². The molecule has 0 bridgehead atoms. The van der Waals surface area contributed by atoms with Crippen LogP contribution in [0.4, 0.5) is 5.69 Å². The summed E-state index contributed by atoms with van der Waals surface area (Å²) in [7, 11) is 0. The number of nitrogens with zero attached hydrogens (tertiary/aromatic N) is 2. The van der Waals surface area contributed by atoms with Crippen LogP contribution in [0.5, 0.6) is 5.75 Å². The lowest BCUT2D eigenvalue weighted by Crippen LogP contribution is -2.48. The minimum Gasteiger partial charge on any atom is -0.480 e. The average molecular weight is 500 g/mol. The van der Waals surface area contributed by atoms with Gasteiger partial charge < -0.3 is 19.9 Å². The van der Waals surface area contributed by atoms with Gasteiger partial charge in [0.2, 0.25) is 5.91 Å². The van der Waals surface area contributed by atoms with Crippen molar-refractivity contribution in [3.8, 4) is 5.75 Å². The molecule has 2 unspecified atom stereocenters. The van der Waals surface area contributed by atoms with Crippen molar-refractivity contribution >= 4 is 29.1 Å². The Kier molecular flexibility index (Phi) is 9.44. The van der Waals surface area contributed by atoms with Crippen molar-refractivity contribution in [1.29, 1.82) is 0 Å². The number of hydrogen-bond acceptors (Lipinski definition) is 4. The number of carbonyl (C=O) groups excluding carboxylic acids is 2. The number of benzene rings is 2. The highest BCUT2D eigenvalue weighted by molar-refractivity contribution is 6.31. The summed E-state index contributed by atoms with van der Waals surface area (Å²) in [6.07, 6.45) is 1.13. The van der Waals surface area contributed by atoms with Gasteiger partial charge in [0.15, 0.2) is 6.10 Å². The number of amides is 2. The van der Waals surface area contributed by atoms with Crippen LogP contribution in [0.3, 0.4) is 0 Å². The van der Waals surface area contributed by atoms with Gasteiger partial charge in [0.1, 0.15) is 11.8 Å². The number of carbonyl (C=O) groups is 2. The van der Waals surface area contributed by atoms with E-state index in [0.717, 1.165) is 37.2 Å². The number of hydrogen-bond donors (Lipinski definition) is 1. The van der Waals surface area contributed by atoms with E-state index in [1.54, 1.807) is 11.0 Å². The second-order valence-corrected chi connectivity index (χ2v) is 9.69. The van der Waals surface area contributed by atoms with Crippen LogP contribution in [0, 0.1) is 5.92 Å². The van der Waals surface area contributed by atoms with Crippen molar-refractivity contribution in [2.75, 3.05) is 24.5 Å². The molecule has 2 atom stereocenters. The van der Waals surface area contributed by atoms with Gasteiger partial charge in [-0.05, 0) is 43.9 Å². The molecule has 0 aliphatic carbocycles. The van der Waals surface area contributed by atoms with Crippen molar-refractivity contribution < 1.29 is 14.3 Å². The van der Waals surface area contributed by atoms with Crippen molar-refractivity contribution in [2.24, 2.45) is 5.92 Å². The Hall–Kier alpha value is -2.73. The normalized spacial score (nSPS) is 17.6. The number of rotatable bonds is 10. The van der Waals surface area contributed by atoms with E-state index in [-0.39, 0.29) is 24.3 Å². The van der Waals surface area contributed by atoms with Gasteiger partial charge in [0.05, 0.1) is 0 Å². The van der Waals surface area contributed by atoms with E-state index in [2.05, 4.69) is 31.0 Å². The summed E-state index contributed by atoms with van der Waals surface area (Å²) in [6.45, 7) is 12.7. The SMILES string of the molecule is CCCCNC(=O)C1c2ccc(N(CC)CC)cc2OC(C(C)C)C(=O)N1Cc1ccccc1Cl. The molecule has 7 heteroatoms. The number of halogens is 1. The number of nitrogens with one attached hydrogen (secondary N) is 1. The van der Waals surface area contributed by atoms with Crippen LogP contribution in [-0.4, -0.2) is 42.5 Å². The molecule has 0 fully saturated rings. The fraction of sp³-hybridized carbons (Fsp3) is 0.500. The lowest BCUT2D eigenvalue weighted by atomic mass is 10.0. The van der Waals surface area contributed by atoms with Crippen LogP contribution in [0.25, 0.3) is 0 Å². The molecule has 1 heterocycles. The molecule has 3 rings (SSSR count). The molecule has 1 aliphatic rings. The molecular weight excluding hydrogens is 462 g/mol. The summed E-state index contributed by atoms with van der Waals surface area (Å²) < 4.78 is 6.38. The van der Waals surface area contributed by atoms with E-state index < -0.39 is 12.1 Å². The van der Waals surface area contributed by atoms with Crippen LogP contribution >= 0.6 is 11.6 Å². The maximum Gasteiger partial charge on any atom is 0.265 e. The van der Waals surface area contributed by atoms with Crippen LogP contribution < -0.4 is 15.0 Å². The van der Waals surface area contributed by atoms with Crippen molar-refractivity contribution in [3.63, 3.8) is 0 Å². The van der Waals surface area contributed by atoms with E-state index in [4.69, 9.17) is 16.3 Å². The molecule has 2 aromatic rings. The molecule has 0 saturated carbocycles. The summed E-state index contributed by atoms with van der Waals surface area (Å²) in [5, 5.41) is 3.61. The third kappa shape index (κ3) is 6.10. The number of unbranched alkanes of at least 4 members (excludes halogenated alkanes) is 1. The lowest BCUT2D eigenvalue weighted by molar-refractivity contribution is -0.147. The van der Waals surface area contributed by atoms with Crippen LogP contribution in [0.2, 0.25) is 5.02 Å². The quantitative estimate of drug-likeness (QED) is 0.433. The first-order chi connectivity index (χ1) is 16.8. The summed E-state index contributed by atoms with van der Waals surface area (Å²) in [5.74, 6) is 0.0849. The van der Waals surface area contributed by atoms with Crippen molar-refractivity contribution in [1.82, 2.24) is 10.2 Å². The average Bonchev–Trinajstić information content (AvgIpc) is 2.96. The van der Waals surface area contributed by atoms with Crippen LogP contribution in [0.15, 0.2) is 42.5 Å². The van der Waals surface area contributed by atoms with Gasteiger partial charge in [-0.25, -0.2) is 0 Å². The predicted molar refractivity (Wildman–Crippen MR) is 142 cm³/mol. The van der Waals surface area contributed by atoms with Gasteiger partial charge in [-0.15, -0.1) is 0 Å². The summed E-state index contributed by atoms with van der Waals surface area (Å²) in [4.78, 5) is 31.4. The molecular formula is C28H38ClN3O3. The Balaban J connectivity index is 2.14. The monoisotopic (exact) mass is 499 g/mol. The lowest BCUT2D eigenvalue weighted by Gasteiger charge is -2.31. The van der Waals surface area contributed by atoms with Gasteiger partial charge in [-0.2, -0.15) is 0 Å². The summed E-state index contributed by atoms with van der Waals surface area (Å²) in [5.41, 5.74) is 2.49. The zero-order chi connectivity index (χ0) is 25.5. The molecule has 0 spiro atoms. The minimum atomic E-state index is -0.819. The molecule has 190 valence electrons. The Morgan fingerprint density at radius 1 is 1.14 bits per heavy atom. The number of anilines is 1. The van der Waals surface area contributed by atoms with Crippen molar-refractivity contribution in [3.05, 3.63) is 58.6 Å². The molecule has 35 heavy (non-hydrogen) atoms. The first kappa shape index (κ1) is 26.9. The molecule has 2 amide bonds. The predicted octanol–water partition coefficient (Wildman–Crippen LogP) is 5.59. The first-order valence-electron chi connectivity index (χ1n) is 12.7. The van der Waals surface area contributed by atoms with Crippen molar-refractivity contribution in [2.45, 2.75) is 66.2 Å². The van der Waals surface area contributed by atoms with Gasteiger partial charge >= 0.3 is 0 Å². The van der Waals surface area contributed by atoms with E-state index in [0.29, 0.717) is 22.9 Å². The van der Waals surface area contributed by atoms with E-state index in [1.807, 2.05) is 50.2 Å². The standard InChI is InChI=1S/C28H38ClN3O3/c1-6-9-16-30-27(33)25-22-15-14-21(31(7-2)8-3)17-24(22)35-26(19(4)5)28(34)32(25)18-20-12-10-11-13-23(20)29/h10-15,17,19,25-26H,6-9,16,18H2,1-5H3,(H,30,33). The Morgan fingerprint density at radius 2 is 1.86 bits per heavy atom. The largest absolute Gasteiger partial charge is 0.480 e. The highest BCUT2D eigenvalue weighted by atomic mass is 35.5. The zero-order valence-corrected chi connectivity index (χ0v) is 22.3. The highest BCUT2D eigenvalue weighted by Gasteiger charge is 2.42. The molecule has 0 radical (unpaired) electrons. The second kappa shape index (κ2) is 12.3. The molecule has 1 N–H and O–H groups in total. The number of fused-ring (bicyclic) bond motifs is 1. The third-order valence-corrected chi connectivity index (χ3v) is 6.86. The zero-order valence-electron chi connectivity index (χ0n) is 21.5.